The van der Waals surface area contributed by atoms with E-state index < -0.39 is 0 Å². The Balaban J connectivity index is 1.91. The topological polar surface area (TPSA) is 51.5 Å². The van der Waals surface area contributed by atoms with Crippen molar-refractivity contribution in [1.82, 2.24) is 0 Å². The second-order valence-corrected chi connectivity index (χ2v) is 5.95. The number of carbonyl (C=O) groups is 1. The van der Waals surface area contributed by atoms with Gasteiger partial charge in [-0.05, 0) is 49.2 Å². The van der Waals surface area contributed by atoms with Crippen LogP contribution in [0.3, 0.4) is 0 Å². The molecule has 0 aliphatic carbocycles. The third-order valence-electron chi connectivity index (χ3n) is 4.02. The summed E-state index contributed by atoms with van der Waals surface area (Å²) in [5.41, 5.74) is 3.33. The van der Waals surface area contributed by atoms with E-state index in [9.17, 15) is 4.79 Å². The standard InChI is InChI=1S/C19H18ClNO3/c1-4-12-5-7-16-14(9-12)11(2)18(24-16)19(22)21-13-6-8-17(23-3)15(20)10-13/h5-10H,4H2,1-3H3,(H,21,22). The monoisotopic (exact) mass is 343 g/mol. The summed E-state index contributed by atoms with van der Waals surface area (Å²) < 4.78 is 10.8. The Morgan fingerprint density at radius 2 is 2.04 bits per heavy atom. The van der Waals surface area contributed by atoms with Crippen molar-refractivity contribution in [3.05, 3.63) is 58.3 Å². The van der Waals surface area contributed by atoms with Crippen LogP contribution in [0.2, 0.25) is 5.02 Å². The minimum Gasteiger partial charge on any atom is -0.495 e. The summed E-state index contributed by atoms with van der Waals surface area (Å²) in [6, 6.07) is 11.1. The van der Waals surface area contributed by atoms with Gasteiger partial charge in [-0.1, -0.05) is 24.6 Å². The molecule has 0 radical (unpaired) electrons. The summed E-state index contributed by atoms with van der Waals surface area (Å²) in [6.07, 6.45) is 0.937. The van der Waals surface area contributed by atoms with Crippen molar-refractivity contribution in [2.75, 3.05) is 12.4 Å². The average molecular weight is 344 g/mol. The summed E-state index contributed by atoms with van der Waals surface area (Å²) >= 11 is 6.09. The van der Waals surface area contributed by atoms with Gasteiger partial charge in [-0.15, -0.1) is 0 Å². The number of carbonyl (C=O) groups excluding carboxylic acids is 1. The number of hydrogen-bond acceptors (Lipinski definition) is 3. The first-order valence-corrected chi connectivity index (χ1v) is 8.08. The van der Waals surface area contributed by atoms with Crippen LogP contribution in [0.5, 0.6) is 5.75 Å². The molecule has 0 bridgehead atoms. The minimum atomic E-state index is -0.303. The first kappa shape index (κ1) is 16.4. The molecule has 24 heavy (non-hydrogen) atoms. The number of benzene rings is 2. The fourth-order valence-electron chi connectivity index (χ4n) is 2.64. The van der Waals surface area contributed by atoms with Gasteiger partial charge in [0.2, 0.25) is 0 Å². The molecule has 1 amide bonds. The summed E-state index contributed by atoms with van der Waals surface area (Å²) in [6.45, 7) is 3.98. The number of fused-ring (bicyclic) bond motifs is 1. The largest absolute Gasteiger partial charge is 0.495 e. The van der Waals surface area contributed by atoms with Crippen molar-refractivity contribution in [1.29, 1.82) is 0 Å². The molecule has 0 saturated carbocycles. The Labute approximate surface area is 145 Å². The van der Waals surface area contributed by atoms with Crippen molar-refractivity contribution in [2.24, 2.45) is 0 Å². The quantitative estimate of drug-likeness (QED) is 0.706. The summed E-state index contributed by atoms with van der Waals surface area (Å²) in [7, 11) is 1.54. The zero-order valence-electron chi connectivity index (χ0n) is 13.8. The number of ether oxygens (including phenoxy) is 1. The summed E-state index contributed by atoms with van der Waals surface area (Å²) in [5, 5.41) is 4.21. The highest BCUT2D eigenvalue weighted by Crippen LogP contribution is 2.29. The maximum absolute atomic E-state index is 12.5. The van der Waals surface area contributed by atoms with Crippen LogP contribution in [0.25, 0.3) is 11.0 Å². The third kappa shape index (κ3) is 2.97. The van der Waals surface area contributed by atoms with Gasteiger partial charge in [0.05, 0.1) is 12.1 Å². The van der Waals surface area contributed by atoms with E-state index >= 15 is 0 Å². The van der Waals surface area contributed by atoms with Crippen LogP contribution in [0.15, 0.2) is 40.8 Å². The van der Waals surface area contributed by atoms with Crippen molar-refractivity contribution in [3.63, 3.8) is 0 Å². The van der Waals surface area contributed by atoms with E-state index in [1.165, 1.54) is 5.56 Å². The lowest BCUT2D eigenvalue weighted by Crippen LogP contribution is -2.12. The molecule has 0 fully saturated rings. The molecule has 1 heterocycles. The van der Waals surface area contributed by atoms with Crippen LogP contribution >= 0.6 is 11.6 Å². The van der Waals surface area contributed by atoms with Crippen LogP contribution in [0, 0.1) is 6.92 Å². The molecule has 0 spiro atoms. The highest BCUT2D eigenvalue weighted by atomic mass is 35.5. The number of halogens is 1. The fourth-order valence-corrected chi connectivity index (χ4v) is 2.89. The summed E-state index contributed by atoms with van der Waals surface area (Å²) in [5.74, 6) is 0.565. The van der Waals surface area contributed by atoms with Crippen molar-refractivity contribution in [2.45, 2.75) is 20.3 Å². The van der Waals surface area contributed by atoms with Gasteiger partial charge in [-0.2, -0.15) is 0 Å². The Hall–Kier alpha value is -2.46. The molecule has 0 aliphatic rings. The smallest absolute Gasteiger partial charge is 0.291 e. The molecule has 3 rings (SSSR count). The molecule has 5 heteroatoms. The van der Waals surface area contributed by atoms with Gasteiger partial charge in [0.15, 0.2) is 5.76 Å². The molecule has 124 valence electrons. The van der Waals surface area contributed by atoms with Gasteiger partial charge < -0.3 is 14.5 Å². The van der Waals surface area contributed by atoms with Gasteiger partial charge >= 0.3 is 0 Å². The normalized spacial score (nSPS) is 10.8. The van der Waals surface area contributed by atoms with Crippen LogP contribution in [0.1, 0.15) is 28.6 Å². The molecule has 2 aromatic carbocycles. The Morgan fingerprint density at radius 1 is 1.25 bits per heavy atom. The number of methoxy groups -OCH3 is 1. The molecule has 1 N–H and O–H groups in total. The van der Waals surface area contributed by atoms with Crippen molar-refractivity contribution < 1.29 is 13.9 Å². The third-order valence-corrected chi connectivity index (χ3v) is 4.32. The van der Waals surface area contributed by atoms with E-state index in [0.29, 0.717) is 27.8 Å². The van der Waals surface area contributed by atoms with Gasteiger partial charge in [-0.3, -0.25) is 4.79 Å². The first-order valence-electron chi connectivity index (χ1n) is 7.70. The van der Waals surface area contributed by atoms with E-state index in [1.54, 1.807) is 25.3 Å². The second-order valence-electron chi connectivity index (χ2n) is 5.54. The van der Waals surface area contributed by atoms with E-state index in [2.05, 4.69) is 18.3 Å². The van der Waals surface area contributed by atoms with Crippen LogP contribution in [-0.2, 0) is 6.42 Å². The minimum absolute atomic E-state index is 0.303. The Morgan fingerprint density at radius 3 is 2.71 bits per heavy atom. The molecular weight excluding hydrogens is 326 g/mol. The second kappa shape index (κ2) is 6.57. The van der Waals surface area contributed by atoms with Gasteiger partial charge in [-0.25, -0.2) is 0 Å². The summed E-state index contributed by atoms with van der Waals surface area (Å²) in [4.78, 5) is 12.5. The highest BCUT2D eigenvalue weighted by molar-refractivity contribution is 6.32. The van der Waals surface area contributed by atoms with Gasteiger partial charge in [0.1, 0.15) is 11.3 Å². The molecule has 0 unspecified atom stereocenters. The maximum Gasteiger partial charge on any atom is 0.291 e. The highest BCUT2D eigenvalue weighted by Gasteiger charge is 2.18. The first-order chi connectivity index (χ1) is 11.5. The zero-order chi connectivity index (χ0) is 17.3. The zero-order valence-corrected chi connectivity index (χ0v) is 14.5. The number of hydrogen-bond donors (Lipinski definition) is 1. The van der Waals surface area contributed by atoms with E-state index in [1.807, 2.05) is 19.1 Å². The number of nitrogens with one attached hydrogen (secondary N) is 1. The average Bonchev–Trinajstić information content (AvgIpc) is 2.91. The number of anilines is 1. The fraction of sp³-hybridized carbons (Fsp3) is 0.211. The molecule has 1 aromatic heterocycles. The van der Waals surface area contributed by atoms with Crippen LogP contribution < -0.4 is 10.1 Å². The maximum atomic E-state index is 12.5. The molecule has 0 atom stereocenters. The SMILES string of the molecule is CCc1ccc2oc(C(=O)Nc3ccc(OC)c(Cl)c3)c(C)c2c1. The van der Waals surface area contributed by atoms with Crippen LogP contribution in [0.4, 0.5) is 5.69 Å². The lowest BCUT2D eigenvalue weighted by Gasteiger charge is -2.07. The van der Waals surface area contributed by atoms with E-state index in [4.69, 9.17) is 20.8 Å². The number of rotatable bonds is 4. The predicted molar refractivity (Wildman–Crippen MR) is 96.3 cm³/mol. The lowest BCUT2D eigenvalue weighted by atomic mass is 10.1. The molecular formula is C19H18ClNO3. The van der Waals surface area contributed by atoms with Crippen molar-refractivity contribution >= 4 is 34.2 Å². The number of amides is 1. The van der Waals surface area contributed by atoms with E-state index in [0.717, 1.165) is 17.4 Å². The van der Waals surface area contributed by atoms with Crippen molar-refractivity contribution in [3.8, 4) is 5.75 Å². The predicted octanol–water partition coefficient (Wildman–Crippen LogP) is 5.22. The Kier molecular flexibility index (Phi) is 4.49. The van der Waals surface area contributed by atoms with Gasteiger partial charge in [0.25, 0.3) is 5.91 Å². The van der Waals surface area contributed by atoms with Crippen LogP contribution in [-0.4, -0.2) is 13.0 Å². The molecule has 0 aliphatic heterocycles. The number of furan rings is 1. The lowest BCUT2D eigenvalue weighted by molar-refractivity contribution is 0.0998. The number of aryl methyl sites for hydroxylation is 2. The Bertz CT molecular complexity index is 914. The van der Waals surface area contributed by atoms with Gasteiger partial charge in [0, 0.05) is 16.6 Å². The molecule has 4 nitrogen and oxygen atoms in total. The molecule has 0 saturated heterocycles. The molecule has 3 aromatic rings. The van der Waals surface area contributed by atoms with E-state index in [-0.39, 0.29) is 5.91 Å².